The Morgan fingerprint density at radius 1 is 1.27 bits per heavy atom. The van der Waals surface area contributed by atoms with Gasteiger partial charge in [-0.25, -0.2) is 0 Å². The van der Waals surface area contributed by atoms with Gasteiger partial charge in [0.05, 0.1) is 9.83 Å². The van der Waals surface area contributed by atoms with Gasteiger partial charge in [-0.1, -0.05) is 28.1 Å². The van der Waals surface area contributed by atoms with Gasteiger partial charge in [-0.15, -0.1) is 0 Å². The molecule has 154 valence electrons. The lowest BCUT2D eigenvalue weighted by atomic mass is 10.1. The molecule has 0 atom stereocenters. The van der Waals surface area contributed by atoms with Gasteiger partial charge in [0, 0.05) is 22.2 Å². The quantitative estimate of drug-likeness (QED) is 0.348. The van der Waals surface area contributed by atoms with Crippen molar-refractivity contribution < 1.29 is 29.2 Å². The highest BCUT2D eigenvalue weighted by molar-refractivity contribution is 9.10. The molecular formula is C19H13BrN2O7S. The maximum Gasteiger partial charge on any atom is 0.323 e. The minimum absolute atomic E-state index is 0.0463. The number of thioether (sulfide) groups is 1. The van der Waals surface area contributed by atoms with E-state index in [1.165, 1.54) is 18.2 Å². The van der Waals surface area contributed by atoms with Crippen LogP contribution in [0.1, 0.15) is 11.1 Å². The Bertz CT molecular complexity index is 1090. The van der Waals surface area contributed by atoms with Crippen LogP contribution in [-0.4, -0.2) is 38.6 Å². The van der Waals surface area contributed by atoms with E-state index in [4.69, 9.17) is 9.84 Å². The number of hydrogen-bond acceptors (Lipinski definition) is 7. The summed E-state index contributed by atoms with van der Waals surface area (Å²) in [6, 6.07) is 11.1. The second-order valence-electron chi connectivity index (χ2n) is 6.06. The van der Waals surface area contributed by atoms with E-state index < -0.39 is 28.6 Å². The summed E-state index contributed by atoms with van der Waals surface area (Å²) in [5.74, 6) is -1.60. The van der Waals surface area contributed by atoms with Crippen molar-refractivity contribution in [3.05, 3.63) is 73.1 Å². The number of non-ortho nitro benzene ring substituents is 1. The monoisotopic (exact) mass is 492 g/mol. The third kappa shape index (κ3) is 5.05. The van der Waals surface area contributed by atoms with Crippen LogP contribution >= 0.6 is 27.7 Å². The summed E-state index contributed by atoms with van der Waals surface area (Å²) in [4.78, 5) is 46.3. The molecule has 2 aromatic carbocycles. The number of benzene rings is 2. The maximum atomic E-state index is 12.4. The smallest absolute Gasteiger partial charge is 0.323 e. The van der Waals surface area contributed by atoms with Crippen molar-refractivity contribution in [2.45, 2.75) is 6.61 Å². The summed E-state index contributed by atoms with van der Waals surface area (Å²) in [6.45, 7) is -0.665. The number of carboxylic acid groups (broad SMARTS) is 1. The van der Waals surface area contributed by atoms with Gasteiger partial charge in [0.25, 0.3) is 16.8 Å². The number of nitrogens with zero attached hydrogens (tertiary/aromatic N) is 2. The van der Waals surface area contributed by atoms with Crippen molar-refractivity contribution in [1.29, 1.82) is 0 Å². The van der Waals surface area contributed by atoms with Crippen molar-refractivity contribution in [2.75, 3.05) is 6.54 Å². The fourth-order valence-electron chi connectivity index (χ4n) is 2.60. The molecule has 0 spiro atoms. The number of aliphatic carboxylic acids is 1. The van der Waals surface area contributed by atoms with Crippen molar-refractivity contribution in [3.63, 3.8) is 0 Å². The normalized spacial score (nSPS) is 15.0. The number of rotatable bonds is 7. The number of carboxylic acids is 1. The number of nitro benzene ring substituents is 1. The van der Waals surface area contributed by atoms with Gasteiger partial charge in [0.1, 0.15) is 18.9 Å². The molecule has 0 saturated carbocycles. The number of nitro groups is 1. The fourth-order valence-corrected chi connectivity index (χ4v) is 3.81. The van der Waals surface area contributed by atoms with Gasteiger partial charge in [-0.2, -0.15) is 0 Å². The first-order valence-electron chi connectivity index (χ1n) is 8.37. The van der Waals surface area contributed by atoms with Gasteiger partial charge < -0.3 is 9.84 Å². The Morgan fingerprint density at radius 3 is 2.73 bits per heavy atom. The lowest BCUT2D eigenvalue weighted by Gasteiger charge is -2.11. The summed E-state index contributed by atoms with van der Waals surface area (Å²) in [5.41, 5.74) is 1.01. The fraction of sp³-hybridized carbons (Fsp3) is 0.105. The van der Waals surface area contributed by atoms with E-state index in [-0.39, 0.29) is 17.2 Å². The predicted octanol–water partition coefficient (Wildman–Crippen LogP) is 4.06. The molecular weight excluding hydrogens is 480 g/mol. The van der Waals surface area contributed by atoms with E-state index in [1.807, 2.05) is 0 Å². The van der Waals surface area contributed by atoms with E-state index in [0.29, 0.717) is 38.0 Å². The molecule has 1 aliphatic rings. The lowest BCUT2D eigenvalue weighted by molar-refractivity contribution is -0.384. The van der Waals surface area contributed by atoms with Gasteiger partial charge >= 0.3 is 5.97 Å². The second kappa shape index (κ2) is 9.09. The van der Waals surface area contributed by atoms with Crippen LogP contribution in [0.25, 0.3) is 6.08 Å². The van der Waals surface area contributed by atoms with Crippen LogP contribution in [0.3, 0.4) is 0 Å². The van der Waals surface area contributed by atoms with Crippen molar-refractivity contribution >= 4 is 56.6 Å². The molecule has 0 aliphatic carbocycles. The summed E-state index contributed by atoms with van der Waals surface area (Å²) in [5, 5.41) is 19.1. The highest BCUT2D eigenvalue weighted by atomic mass is 79.9. The van der Waals surface area contributed by atoms with E-state index in [0.717, 1.165) is 0 Å². The molecule has 2 aromatic rings. The number of carbonyl (C=O) groups is 3. The summed E-state index contributed by atoms with van der Waals surface area (Å²) < 4.78 is 6.47. The third-order valence-corrected chi connectivity index (χ3v) is 5.34. The third-order valence-electron chi connectivity index (χ3n) is 3.94. The minimum atomic E-state index is -1.29. The second-order valence-corrected chi connectivity index (χ2v) is 7.97. The van der Waals surface area contributed by atoms with Crippen LogP contribution in [0.15, 0.2) is 51.8 Å². The first-order chi connectivity index (χ1) is 14.2. The highest BCUT2D eigenvalue weighted by Crippen LogP contribution is 2.35. The molecule has 0 aromatic heterocycles. The highest BCUT2D eigenvalue weighted by Gasteiger charge is 2.36. The molecule has 1 saturated heterocycles. The Labute approximate surface area is 182 Å². The number of halogens is 1. The molecule has 1 fully saturated rings. The van der Waals surface area contributed by atoms with Gasteiger partial charge in [0.15, 0.2) is 0 Å². The average Bonchev–Trinajstić information content (AvgIpc) is 2.94. The summed E-state index contributed by atoms with van der Waals surface area (Å²) in [7, 11) is 0. The minimum Gasteiger partial charge on any atom is -0.488 e. The molecule has 1 heterocycles. The Balaban J connectivity index is 1.84. The zero-order chi connectivity index (χ0) is 21.8. The molecule has 3 rings (SSSR count). The van der Waals surface area contributed by atoms with E-state index >= 15 is 0 Å². The Morgan fingerprint density at radius 2 is 2.03 bits per heavy atom. The molecule has 2 amide bonds. The molecule has 0 unspecified atom stereocenters. The van der Waals surface area contributed by atoms with E-state index in [9.17, 15) is 24.5 Å². The molecule has 1 N–H and O–H groups in total. The van der Waals surface area contributed by atoms with Crippen LogP contribution in [-0.2, 0) is 16.2 Å². The van der Waals surface area contributed by atoms with Crippen LogP contribution in [0.2, 0.25) is 0 Å². The van der Waals surface area contributed by atoms with Crippen LogP contribution < -0.4 is 4.74 Å². The molecule has 0 radical (unpaired) electrons. The number of amides is 2. The molecule has 11 heteroatoms. The number of imide groups is 1. The maximum absolute atomic E-state index is 12.4. The predicted molar refractivity (Wildman–Crippen MR) is 112 cm³/mol. The summed E-state index contributed by atoms with van der Waals surface area (Å²) in [6.07, 6.45) is 1.44. The van der Waals surface area contributed by atoms with Crippen molar-refractivity contribution in [1.82, 2.24) is 4.90 Å². The van der Waals surface area contributed by atoms with Crippen LogP contribution in [0.5, 0.6) is 5.75 Å². The Kier molecular flexibility index (Phi) is 6.53. The van der Waals surface area contributed by atoms with Crippen LogP contribution in [0, 0.1) is 10.1 Å². The first kappa shape index (κ1) is 21.5. The number of ether oxygens (including phenoxy) is 1. The van der Waals surface area contributed by atoms with Gasteiger partial charge in [-0.05, 0) is 41.6 Å². The molecule has 1 aliphatic heterocycles. The van der Waals surface area contributed by atoms with E-state index in [1.54, 1.807) is 30.3 Å². The molecule has 30 heavy (non-hydrogen) atoms. The average molecular weight is 493 g/mol. The van der Waals surface area contributed by atoms with Gasteiger partial charge in [0.2, 0.25) is 0 Å². The van der Waals surface area contributed by atoms with Crippen LogP contribution in [0.4, 0.5) is 10.5 Å². The summed E-state index contributed by atoms with van der Waals surface area (Å²) >= 11 is 3.97. The number of hydrogen-bond donors (Lipinski definition) is 1. The van der Waals surface area contributed by atoms with Crippen molar-refractivity contribution in [2.24, 2.45) is 0 Å². The molecule has 0 bridgehead atoms. The van der Waals surface area contributed by atoms with E-state index in [2.05, 4.69) is 15.9 Å². The number of carbonyl (C=O) groups excluding carboxylic acids is 2. The largest absolute Gasteiger partial charge is 0.488 e. The molecule has 9 nitrogen and oxygen atoms in total. The zero-order valence-electron chi connectivity index (χ0n) is 15.1. The lowest BCUT2D eigenvalue weighted by Crippen LogP contribution is -2.33. The van der Waals surface area contributed by atoms with Crippen molar-refractivity contribution in [3.8, 4) is 5.75 Å². The topological polar surface area (TPSA) is 127 Å². The SMILES string of the molecule is O=C(O)CN1C(=O)S/C(=C/c2cc(Br)ccc2OCc2cccc([N+](=O)[O-])c2)C1=O. The Hall–Kier alpha value is -3.18. The zero-order valence-corrected chi connectivity index (χ0v) is 17.5. The first-order valence-corrected chi connectivity index (χ1v) is 9.98. The standard InChI is InChI=1S/C19H13BrN2O7S/c20-13-4-5-15(29-10-11-2-1-3-14(6-11)22(27)28)12(7-13)8-16-18(25)21(9-17(23)24)19(26)30-16/h1-8H,9-10H2,(H,23,24)/b16-8+. The van der Waals surface area contributed by atoms with Gasteiger partial charge in [-0.3, -0.25) is 29.4 Å².